The van der Waals surface area contributed by atoms with Crippen molar-refractivity contribution in [1.29, 1.82) is 0 Å². The Morgan fingerprint density at radius 3 is 2.96 bits per heavy atom. The van der Waals surface area contributed by atoms with E-state index in [-0.39, 0.29) is 6.10 Å². The summed E-state index contributed by atoms with van der Waals surface area (Å²) in [4.78, 5) is 6.98. The molecular weight excluding hydrogens is 342 g/mol. The zero-order valence-electron chi connectivity index (χ0n) is 16.2. The lowest BCUT2D eigenvalue weighted by atomic mass is 10.1. The van der Waals surface area contributed by atoms with E-state index in [1.165, 1.54) is 5.56 Å². The Morgan fingerprint density at radius 1 is 1.37 bits per heavy atom. The number of aliphatic imine (C=N–C) groups is 1. The first-order chi connectivity index (χ1) is 13.3. The van der Waals surface area contributed by atoms with Gasteiger partial charge in [0.1, 0.15) is 6.10 Å². The quantitative estimate of drug-likeness (QED) is 0.458. The van der Waals surface area contributed by atoms with Gasteiger partial charge < -0.3 is 19.7 Å². The van der Waals surface area contributed by atoms with Gasteiger partial charge in [-0.25, -0.2) is 0 Å². The van der Waals surface area contributed by atoms with Crippen LogP contribution in [0.15, 0.2) is 47.7 Å². The van der Waals surface area contributed by atoms with Crippen molar-refractivity contribution in [3.05, 3.63) is 53.9 Å². The molecule has 1 unspecified atom stereocenters. The molecule has 1 aromatic heterocycles. The first-order valence-electron chi connectivity index (χ1n) is 9.51. The Labute approximate surface area is 161 Å². The third-order valence-electron chi connectivity index (χ3n) is 4.41. The molecule has 0 saturated carbocycles. The summed E-state index contributed by atoms with van der Waals surface area (Å²) in [5.41, 5.74) is 2.28. The first kappa shape index (κ1) is 19.4. The number of nitrogens with one attached hydrogen (secondary N) is 1. The minimum absolute atomic E-state index is 0.0191. The molecule has 3 rings (SSSR count). The number of aryl methyl sites for hydroxylation is 1. The van der Waals surface area contributed by atoms with Crippen LogP contribution in [-0.2, 0) is 23.1 Å². The molecule has 0 bridgehead atoms. The number of hydrogen-bond donors (Lipinski definition) is 1. The number of rotatable bonds is 7. The second-order valence-corrected chi connectivity index (χ2v) is 6.53. The lowest BCUT2D eigenvalue weighted by Crippen LogP contribution is -2.48. The van der Waals surface area contributed by atoms with E-state index in [9.17, 15) is 0 Å². The Kier molecular flexibility index (Phi) is 7.24. The number of hydrogen-bond acceptors (Lipinski definition) is 4. The van der Waals surface area contributed by atoms with E-state index >= 15 is 0 Å². The van der Waals surface area contributed by atoms with Crippen LogP contribution in [-0.4, -0.2) is 60.0 Å². The average molecular weight is 371 g/mol. The number of nitrogens with zero attached hydrogens (tertiary/aromatic N) is 4. The van der Waals surface area contributed by atoms with Crippen molar-refractivity contribution < 1.29 is 9.47 Å². The largest absolute Gasteiger partial charge is 0.375 e. The van der Waals surface area contributed by atoms with E-state index in [1.807, 2.05) is 37.6 Å². The monoisotopic (exact) mass is 371 g/mol. The molecule has 1 aliphatic rings. The lowest BCUT2D eigenvalue weighted by Gasteiger charge is -2.34. The van der Waals surface area contributed by atoms with Gasteiger partial charge in [-0.05, 0) is 12.5 Å². The van der Waals surface area contributed by atoms with Crippen molar-refractivity contribution in [2.75, 3.05) is 39.4 Å². The zero-order valence-corrected chi connectivity index (χ0v) is 16.2. The second-order valence-electron chi connectivity index (χ2n) is 6.53. The Balaban J connectivity index is 1.51. The molecule has 1 atom stereocenters. The molecular formula is C20H29N5O2. The molecule has 146 valence electrons. The predicted molar refractivity (Wildman–Crippen MR) is 106 cm³/mol. The molecule has 1 N–H and O–H groups in total. The molecule has 27 heavy (non-hydrogen) atoms. The van der Waals surface area contributed by atoms with Crippen LogP contribution in [0.25, 0.3) is 0 Å². The van der Waals surface area contributed by atoms with Crippen molar-refractivity contribution >= 4 is 5.96 Å². The van der Waals surface area contributed by atoms with Crippen molar-refractivity contribution in [2.45, 2.75) is 19.6 Å². The Hall–Kier alpha value is -2.38. The van der Waals surface area contributed by atoms with E-state index in [1.54, 1.807) is 4.68 Å². The highest BCUT2D eigenvalue weighted by atomic mass is 16.5. The standard InChI is InChI=1S/C20H29N5O2/c1-3-21-20(22-9-11-26-16-17-7-5-4-6-8-17)25-10-12-27-19(15-25)18-13-23-24(2)14-18/h4-8,13-14,19H,3,9-12,15-16H2,1-2H3,(H,21,22). The molecule has 7 nitrogen and oxygen atoms in total. The van der Waals surface area contributed by atoms with Crippen molar-refractivity contribution in [3.63, 3.8) is 0 Å². The van der Waals surface area contributed by atoms with Crippen molar-refractivity contribution in [2.24, 2.45) is 12.0 Å². The number of aromatic nitrogens is 2. The fraction of sp³-hybridized carbons (Fsp3) is 0.500. The van der Waals surface area contributed by atoms with E-state index < -0.39 is 0 Å². The summed E-state index contributed by atoms with van der Waals surface area (Å²) < 4.78 is 13.5. The third kappa shape index (κ3) is 5.80. The molecule has 1 aromatic carbocycles. The maximum absolute atomic E-state index is 5.93. The van der Waals surface area contributed by atoms with Gasteiger partial charge in [-0.2, -0.15) is 5.10 Å². The van der Waals surface area contributed by atoms with Crippen LogP contribution < -0.4 is 5.32 Å². The number of benzene rings is 1. The highest BCUT2D eigenvalue weighted by Crippen LogP contribution is 2.21. The third-order valence-corrected chi connectivity index (χ3v) is 4.41. The molecule has 7 heteroatoms. The van der Waals surface area contributed by atoms with Gasteiger partial charge in [-0.15, -0.1) is 0 Å². The van der Waals surface area contributed by atoms with Crippen LogP contribution in [0.5, 0.6) is 0 Å². The highest BCUT2D eigenvalue weighted by molar-refractivity contribution is 5.80. The summed E-state index contributed by atoms with van der Waals surface area (Å²) >= 11 is 0. The van der Waals surface area contributed by atoms with Crippen LogP contribution in [0, 0.1) is 0 Å². The smallest absolute Gasteiger partial charge is 0.194 e. The van der Waals surface area contributed by atoms with Crippen molar-refractivity contribution in [1.82, 2.24) is 20.0 Å². The van der Waals surface area contributed by atoms with Gasteiger partial charge in [0.05, 0.1) is 39.1 Å². The average Bonchev–Trinajstić information content (AvgIpc) is 3.14. The van der Waals surface area contributed by atoms with E-state index in [2.05, 4.69) is 34.4 Å². The normalized spacial score (nSPS) is 17.9. The van der Waals surface area contributed by atoms with Gasteiger partial charge >= 0.3 is 0 Å². The summed E-state index contributed by atoms with van der Waals surface area (Å²) in [5, 5.41) is 7.63. The van der Waals surface area contributed by atoms with Gasteiger partial charge in [0.25, 0.3) is 0 Å². The van der Waals surface area contributed by atoms with Gasteiger partial charge in [0, 0.05) is 31.9 Å². The molecule has 1 saturated heterocycles. The summed E-state index contributed by atoms with van der Waals surface area (Å²) in [7, 11) is 1.92. The fourth-order valence-corrected chi connectivity index (χ4v) is 3.06. The topological polar surface area (TPSA) is 63.9 Å². The molecule has 2 heterocycles. The first-order valence-corrected chi connectivity index (χ1v) is 9.51. The minimum atomic E-state index is 0.0191. The van der Waals surface area contributed by atoms with E-state index in [0.717, 1.165) is 31.2 Å². The maximum Gasteiger partial charge on any atom is 0.194 e. The molecule has 0 spiro atoms. The molecule has 2 aromatic rings. The fourth-order valence-electron chi connectivity index (χ4n) is 3.06. The molecule has 0 aliphatic carbocycles. The van der Waals surface area contributed by atoms with Crippen LogP contribution >= 0.6 is 0 Å². The Bertz CT molecular complexity index is 716. The van der Waals surface area contributed by atoms with Gasteiger partial charge in [0.2, 0.25) is 0 Å². The summed E-state index contributed by atoms with van der Waals surface area (Å²) in [6.45, 7) is 7.03. The summed E-state index contributed by atoms with van der Waals surface area (Å²) in [6, 6.07) is 10.2. The van der Waals surface area contributed by atoms with E-state index in [4.69, 9.17) is 14.5 Å². The van der Waals surface area contributed by atoms with Crippen LogP contribution in [0.3, 0.4) is 0 Å². The molecule has 0 amide bonds. The maximum atomic E-state index is 5.93. The molecule has 1 aliphatic heterocycles. The molecule has 1 fully saturated rings. The van der Waals surface area contributed by atoms with Crippen molar-refractivity contribution in [3.8, 4) is 0 Å². The zero-order chi connectivity index (χ0) is 18.9. The summed E-state index contributed by atoms with van der Waals surface area (Å²) in [5.74, 6) is 0.915. The highest BCUT2D eigenvalue weighted by Gasteiger charge is 2.25. The van der Waals surface area contributed by atoms with Gasteiger partial charge in [-0.3, -0.25) is 9.67 Å². The Morgan fingerprint density at radius 2 is 2.22 bits per heavy atom. The van der Waals surface area contributed by atoms with Gasteiger partial charge in [-0.1, -0.05) is 30.3 Å². The summed E-state index contributed by atoms with van der Waals surface area (Å²) in [6.07, 6.45) is 3.90. The van der Waals surface area contributed by atoms with Gasteiger partial charge in [0.15, 0.2) is 5.96 Å². The van der Waals surface area contributed by atoms with Crippen LogP contribution in [0.4, 0.5) is 0 Å². The second kappa shape index (κ2) is 10.1. The SMILES string of the molecule is CCNC(=NCCOCc1ccccc1)N1CCOC(c2cnn(C)c2)C1. The predicted octanol–water partition coefficient (Wildman–Crippen LogP) is 1.98. The minimum Gasteiger partial charge on any atom is -0.375 e. The molecule has 0 radical (unpaired) electrons. The van der Waals surface area contributed by atoms with Crippen LogP contribution in [0.2, 0.25) is 0 Å². The lowest BCUT2D eigenvalue weighted by molar-refractivity contribution is -0.00809. The number of ether oxygens (including phenoxy) is 2. The number of guanidine groups is 1. The van der Waals surface area contributed by atoms with Crippen LogP contribution in [0.1, 0.15) is 24.2 Å². The number of morpholine rings is 1. The van der Waals surface area contributed by atoms with E-state index in [0.29, 0.717) is 26.4 Å².